The third-order valence-corrected chi connectivity index (χ3v) is 4.18. The topological polar surface area (TPSA) is 111 Å². The Morgan fingerprint density at radius 2 is 2.03 bits per heavy atom. The number of carbonyl (C=O) groups excluding carboxylic acids is 2. The first kappa shape index (κ1) is 20.9. The Kier molecular flexibility index (Phi) is 6.35. The Hall–Kier alpha value is -3.82. The Labute approximate surface area is 172 Å². The number of nitrogens with one attached hydrogen (secondary N) is 2. The van der Waals surface area contributed by atoms with Gasteiger partial charge in [0.1, 0.15) is 6.67 Å². The number of aromatic nitrogens is 4. The molecular weight excluding hydrogens is 391 g/mol. The van der Waals surface area contributed by atoms with Crippen LogP contribution in [0.2, 0.25) is 0 Å². The predicted octanol–water partition coefficient (Wildman–Crippen LogP) is 3.40. The molecule has 2 amide bonds. The van der Waals surface area contributed by atoms with Gasteiger partial charge in [0.05, 0.1) is 17.6 Å². The maximum absolute atomic E-state index is 13.5. The van der Waals surface area contributed by atoms with Gasteiger partial charge in [-0.1, -0.05) is 35.0 Å². The molecule has 0 radical (unpaired) electrons. The molecule has 0 saturated heterocycles. The van der Waals surface area contributed by atoms with Gasteiger partial charge in [-0.15, -0.1) is 5.10 Å². The summed E-state index contributed by atoms with van der Waals surface area (Å²) in [6.07, 6.45) is -0.421. The standard InChI is InChI=1S/C20H21FN6O3/c1-12-5-4-6-14(9-12)17(10-21)30-20(29)24-19-18(25-26-27(19)3)16-8-7-15(11-22-16)23-13(2)28/h4-9,11,17H,10H2,1-3H3,(H,23,28)(H,24,29)/t17-/m1/s1. The highest BCUT2D eigenvalue weighted by Crippen LogP contribution is 2.25. The normalized spacial score (nSPS) is 11.6. The van der Waals surface area contributed by atoms with E-state index >= 15 is 0 Å². The van der Waals surface area contributed by atoms with Crippen LogP contribution < -0.4 is 10.6 Å². The molecule has 3 aromatic rings. The fraction of sp³-hybridized carbons (Fsp3) is 0.250. The number of nitrogens with zero attached hydrogens (tertiary/aromatic N) is 4. The molecule has 0 unspecified atom stereocenters. The third kappa shape index (κ3) is 4.96. The van der Waals surface area contributed by atoms with Gasteiger partial charge in [0.15, 0.2) is 17.6 Å². The molecule has 0 fully saturated rings. The van der Waals surface area contributed by atoms with Gasteiger partial charge in [0.25, 0.3) is 0 Å². The van der Waals surface area contributed by atoms with Crippen LogP contribution in [0.1, 0.15) is 24.2 Å². The Morgan fingerprint density at radius 3 is 2.67 bits per heavy atom. The number of alkyl halides is 1. The summed E-state index contributed by atoms with van der Waals surface area (Å²) < 4.78 is 20.1. The second-order valence-corrected chi connectivity index (χ2v) is 6.61. The highest BCUT2D eigenvalue weighted by Gasteiger charge is 2.21. The summed E-state index contributed by atoms with van der Waals surface area (Å²) in [5, 5.41) is 13.1. The number of ether oxygens (including phenoxy) is 1. The van der Waals surface area contributed by atoms with Gasteiger partial charge in [-0.05, 0) is 24.6 Å². The van der Waals surface area contributed by atoms with Gasteiger partial charge >= 0.3 is 6.09 Å². The van der Waals surface area contributed by atoms with Crippen LogP contribution in [0, 0.1) is 6.92 Å². The zero-order chi connectivity index (χ0) is 21.7. The van der Waals surface area contributed by atoms with E-state index in [0.29, 0.717) is 22.6 Å². The lowest BCUT2D eigenvalue weighted by Gasteiger charge is -2.16. The summed E-state index contributed by atoms with van der Waals surface area (Å²) in [5.41, 5.74) is 2.74. The van der Waals surface area contributed by atoms with Crippen LogP contribution in [-0.4, -0.2) is 38.7 Å². The van der Waals surface area contributed by atoms with Crippen LogP contribution in [0.15, 0.2) is 42.6 Å². The van der Waals surface area contributed by atoms with Crippen molar-refractivity contribution in [3.05, 3.63) is 53.7 Å². The first-order chi connectivity index (χ1) is 14.4. The van der Waals surface area contributed by atoms with Crippen molar-refractivity contribution in [3.8, 4) is 11.4 Å². The van der Waals surface area contributed by atoms with Gasteiger partial charge in [0, 0.05) is 14.0 Å². The molecule has 1 aromatic carbocycles. The van der Waals surface area contributed by atoms with Crippen LogP contribution in [0.5, 0.6) is 0 Å². The second-order valence-electron chi connectivity index (χ2n) is 6.61. The number of hydrogen-bond acceptors (Lipinski definition) is 6. The van der Waals surface area contributed by atoms with E-state index in [2.05, 4.69) is 25.9 Å². The number of aryl methyl sites for hydroxylation is 2. The van der Waals surface area contributed by atoms with Crippen molar-refractivity contribution in [3.63, 3.8) is 0 Å². The number of anilines is 2. The minimum atomic E-state index is -1.04. The van der Waals surface area contributed by atoms with Crippen LogP contribution in [0.4, 0.5) is 20.7 Å². The van der Waals surface area contributed by atoms with Crippen LogP contribution in [0.25, 0.3) is 11.4 Å². The summed E-state index contributed by atoms with van der Waals surface area (Å²) in [7, 11) is 1.59. The molecule has 0 saturated carbocycles. The molecule has 1 atom stereocenters. The van der Waals surface area contributed by atoms with E-state index in [9.17, 15) is 14.0 Å². The van der Waals surface area contributed by atoms with E-state index in [1.165, 1.54) is 17.8 Å². The van der Waals surface area contributed by atoms with Crippen molar-refractivity contribution in [1.82, 2.24) is 20.0 Å². The molecule has 0 aliphatic carbocycles. The molecule has 0 aliphatic rings. The summed E-state index contributed by atoms with van der Waals surface area (Å²) in [6, 6.07) is 10.4. The Morgan fingerprint density at radius 1 is 1.23 bits per heavy atom. The van der Waals surface area contributed by atoms with Crippen molar-refractivity contribution in [2.24, 2.45) is 7.05 Å². The predicted molar refractivity (Wildman–Crippen MR) is 109 cm³/mol. The number of amides is 2. The third-order valence-electron chi connectivity index (χ3n) is 4.18. The van der Waals surface area contributed by atoms with E-state index in [1.807, 2.05) is 13.0 Å². The summed E-state index contributed by atoms with van der Waals surface area (Å²) in [4.78, 5) is 27.8. The first-order valence-electron chi connectivity index (χ1n) is 9.11. The average Bonchev–Trinajstić information content (AvgIpc) is 3.06. The number of carbonyl (C=O) groups is 2. The van der Waals surface area contributed by atoms with Crippen molar-refractivity contribution in [2.75, 3.05) is 17.3 Å². The molecule has 0 spiro atoms. The minimum Gasteiger partial charge on any atom is -0.438 e. The summed E-state index contributed by atoms with van der Waals surface area (Å²) in [5.74, 6) is 0.0202. The fourth-order valence-electron chi connectivity index (χ4n) is 2.80. The second kappa shape index (κ2) is 9.12. The first-order valence-corrected chi connectivity index (χ1v) is 9.11. The molecule has 2 heterocycles. The largest absolute Gasteiger partial charge is 0.438 e. The lowest BCUT2D eigenvalue weighted by Crippen LogP contribution is -2.20. The van der Waals surface area contributed by atoms with Crippen molar-refractivity contribution >= 4 is 23.5 Å². The molecule has 30 heavy (non-hydrogen) atoms. The average molecular weight is 412 g/mol. The highest BCUT2D eigenvalue weighted by molar-refractivity contribution is 5.89. The van der Waals surface area contributed by atoms with E-state index in [1.54, 1.807) is 37.4 Å². The molecule has 0 bridgehead atoms. The molecular formula is C20H21FN6O3. The lowest BCUT2D eigenvalue weighted by atomic mass is 10.1. The van der Waals surface area contributed by atoms with Crippen LogP contribution in [-0.2, 0) is 16.6 Å². The van der Waals surface area contributed by atoms with Crippen molar-refractivity contribution in [2.45, 2.75) is 20.0 Å². The van der Waals surface area contributed by atoms with Gasteiger partial charge in [0.2, 0.25) is 5.91 Å². The van der Waals surface area contributed by atoms with E-state index < -0.39 is 18.9 Å². The van der Waals surface area contributed by atoms with E-state index in [4.69, 9.17) is 4.74 Å². The molecule has 0 aliphatic heterocycles. The van der Waals surface area contributed by atoms with Gasteiger partial charge in [-0.3, -0.25) is 15.1 Å². The number of hydrogen-bond donors (Lipinski definition) is 2. The van der Waals surface area contributed by atoms with Crippen LogP contribution >= 0.6 is 0 Å². The summed E-state index contributed by atoms with van der Waals surface area (Å²) >= 11 is 0. The maximum atomic E-state index is 13.5. The number of benzene rings is 1. The smallest absolute Gasteiger partial charge is 0.413 e. The van der Waals surface area contributed by atoms with E-state index in [-0.39, 0.29) is 11.7 Å². The maximum Gasteiger partial charge on any atom is 0.413 e. The Balaban J connectivity index is 1.76. The lowest BCUT2D eigenvalue weighted by molar-refractivity contribution is -0.114. The van der Waals surface area contributed by atoms with Crippen LogP contribution in [0.3, 0.4) is 0 Å². The monoisotopic (exact) mass is 412 g/mol. The van der Waals surface area contributed by atoms with Gasteiger partial charge in [-0.2, -0.15) is 0 Å². The number of rotatable bonds is 6. The molecule has 9 nitrogen and oxygen atoms in total. The quantitative estimate of drug-likeness (QED) is 0.642. The van der Waals surface area contributed by atoms with E-state index in [0.717, 1.165) is 5.56 Å². The molecule has 10 heteroatoms. The Bertz CT molecular complexity index is 1050. The fourth-order valence-corrected chi connectivity index (χ4v) is 2.80. The SMILES string of the molecule is CC(=O)Nc1ccc(-c2nnn(C)c2NC(=O)O[C@H](CF)c2cccc(C)c2)nc1. The molecule has 156 valence electrons. The summed E-state index contributed by atoms with van der Waals surface area (Å²) in [6.45, 7) is 2.40. The van der Waals surface area contributed by atoms with Crippen molar-refractivity contribution in [1.29, 1.82) is 0 Å². The number of pyridine rings is 1. The van der Waals surface area contributed by atoms with Gasteiger partial charge < -0.3 is 10.1 Å². The molecule has 2 aromatic heterocycles. The number of halogens is 1. The molecule has 3 rings (SSSR count). The molecule has 2 N–H and O–H groups in total. The zero-order valence-electron chi connectivity index (χ0n) is 16.7. The van der Waals surface area contributed by atoms with Gasteiger partial charge in [-0.25, -0.2) is 13.9 Å². The highest BCUT2D eigenvalue weighted by atomic mass is 19.1. The minimum absolute atomic E-state index is 0.217. The zero-order valence-corrected chi connectivity index (χ0v) is 16.7. The van der Waals surface area contributed by atoms with Crippen molar-refractivity contribution < 1.29 is 18.7 Å².